The Morgan fingerprint density at radius 3 is 2.50 bits per heavy atom. The number of hydrogen-bond acceptors (Lipinski definition) is 6. The van der Waals surface area contributed by atoms with E-state index in [0.717, 1.165) is 22.4 Å². The van der Waals surface area contributed by atoms with Crippen molar-refractivity contribution in [3.8, 4) is 0 Å². The van der Waals surface area contributed by atoms with E-state index in [1.807, 2.05) is 62.4 Å². The van der Waals surface area contributed by atoms with Crippen LogP contribution in [0.4, 0.5) is 5.69 Å². The molecule has 8 heteroatoms. The van der Waals surface area contributed by atoms with Crippen molar-refractivity contribution >= 4 is 23.5 Å². The molecule has 2 unspecified atom stereocenters. The van der Waals surface area contributed by atoms with E-state index in [1.54, 1.807) is 17.1 Å². The van der Waals surface area contributed by atoms with Crippen LogP contribution >= 0.6 is 0 Å². The first-order valence-electron chi connectivity index (χ1n) is 14.7. The van der Waals surface area contributed by atoms with E-state index < -0.39 is 41.6 Å². The van der Waals surface area contributed by atoms with Gasteiger partial charge in [-0.2, -0.15) is 0 Å². The lowest BCUT2D eigenvalue weighted by Gasteiger charge is -2.40. The Balaban J connectivity index is 1.60. The Bertz CT molecular complexity index is 1340. The average Bonchev–Trinajstić information content (AvgIpc) is 3.63. The Morgan fingerprint density at radius 1 is 1.14 bits per heavy atom. The molecule has 3 heterocycles. The molecular weight excluding hydrogens is 532 g/mol. The lowest BCUT2D eigenvalue weighted by atomic mass is 9.70. The minimum atomic E-state index is -1.21. The molecule has 2 aromatic rings. The normalized spacial score (nSPS) is 26.5. The number of aryl methyl sites for hydroxylation is 2. The quantitative estimate of drug-likeness (QED) is 0.235. The summed E-state index contributed by atoms with van der Waals surface area (Å²) in [5.41, 5.74) is 2.30. The zero-order valence-electron chi connectivity index (χ0n) is 24.4. The van der Waals surface area contributed by atoms with E-state index in [9.17, 15) is 19.5 Å². The molecule has 222 valence electrons. The number of esters is 1. The highest BCUT2D eigenvalue weighted by molar-refractivity contribution is 6.05. The molecule has 1 spiro atoms. The maximum atomic E-state index is 14.9. The minimum absolute atomic E-state index is 0.165. The van der Waals surface area contributed by atoms with Crippen LogP contribution in [0.1, 0.15) is 36.0 Å². The van der Waals surface area contributed by atoms with Crippen LogP contribution in [0.15, 0.2) is 73.8 Å². The fourth-order valence-corrected chi connectivity index (χ4v) is 7.31. The van der Waals surface area contributed by atoms with Crippen molar-refractivity contribution in [3.63, 3.8) is 0 Å². The van der Waals surface area contributed by atoms with Crippen LogP contribution in [0.2, 0.25) is 0 Å². The van der Waals surface area contributed by atoms with Crippen molar-refractivity contribution in [2.45, 2.75) is 63.3 Å². The number of aliphatic hydroxyl groups excluding tert-OH is 1. The third-order valence-corrected chi connectivity index (χ3v) is 9.02. The number of carbonyl (C=O) groups excluding carboxylic acids is 3. The largest absolute Gasteiger partial charge is 0.465 e. The van der Waals surface area contributed by atoms with Crippen molar-refractivity contribution in [1.29, 1.82) is 0 Å². The Labute approximate surface area is 247 Å². The van der Waals surface area contributed by atoms with Gasteiger partial charge in [-0.15, -0.1) is 13.2 Å². The number of ether oxygens (including phenoxy) is 2. The zero-order valence-corrected chi connectivity index (χ0v) is 24.4. The average molecular weight is 573 g/mol. The lowest BCUT2D eigenvalue weighted by Crippen LogP contribution is -2.59. The zero-order chi connectivity index (χ0) is 30.0. The monoisotopic (exact) mass is 572 g/mol. The van der Waals surface area contributed by atoms with E-state index in [1.165, 1.54) is 4.90 Å². The number of fused-ring (bicyclic) bond motifs is 1. The number of amides is 2. The fraction of sp³-hybridized carbons (Fsp3) is 0.441. The minimum Gasteiger partial charge on any atom is -0.465 e. The summed E-state index contributed by atoms with van der Waals surface area (Å²) in [6.07, 6.45) is 4.66. The molecule has 0 aliphatic carbocycles. The van der Waals surface area contributed by atoms with Gasteiger partial charge < -0.3 is 24.4 Å². The van der Waals surface area contributed by atoms with Crippen LogP contribution in [0.5, 0.6) is 0 Å². The van der Waals surface area contributed by atoms with Crippen LogP contribution in [0, 0.1) is 25.7 Å². The topological polar surface area (TPSA) is 96.4 Å². The van der Waals surface area contributed by atoms with Gasteiger partial charge in [0, 0.05) is 12.2 Å². The second-order valence-corrected chi connectivity index (χ2v) is 11.6. The molecule has 0 saturated carbocycles. The summed E-state index contributed by atoms with van der Waals surface area (Å²) < 4.78 is 12.1. The van der Waals surface area contributed by atoms with Crippen LogP contribution < -0.4 is 4.90 Å². The van der Waals surface area contributed by atoms with Gasteiger partial charge in [0.25, 0.3) is 5.91 Å². The molecule has 1 N–H and O–H groups in total. The molecule has 2 amide bonds. The molecule has 3 aliphatic heterocycles. The highest BCUT2D eigenvalue weighted by Gasteiger charge is 2.75. The summed E-state index contributed by atoms with van der Waals surface area (Å²) in [6.45, 7) is 11.5. The van der Waals surface area contributed by atoms with Crippen LogP contribution in [0.25, 0.3) is 0 Å². The standard InChI is InChI=1S/C34H40N2O6/c1-5-7-19-41-33(40)27-26-16-17-34(42-26)28(27)31(38)36(25(21-37)20-24-14-9-8-10-15-24)30(34)32(39)35(18-6-2)29-22(3)12-11-13-23(29)4/h5-6,8-15,25-28,30,37H,1-2,7,16-21H2,3-4H3/t25-,26-,27+,28+,30?,34?/m1/s1. The van der Waals surface area contributed by atoms with Gasteiger partial charge in [0.2, 0.25) is 5.91 Å². The number of aliphatic hydroxyl groups is 1. The first-order valence-corrected chi connectivity index (χ1v) is 14.7. The number of carbonyl (C=O) groups is 3. The molecule has 5 rings (SSSR count). The molecule has 3 fully saturated rings. The Kier molecular flexibility index (Phi) is 8.66. The van der Waals surface area contributed by atoms with Gasteiger partial charge >= 0.3 is 5.97 Å². The lowest BCUT2D eigenvalue weighted by molar-refractivity contribution is -0.155. The number of hydrogen-bond donors (Lipinski definition) is 1. The van der Waals surface area contributed by atoms with Crippen molar-refractivity contribution in [2.75, 3.05) is 24.7 Å². The molecule has 6 atom stereocenters. The van der Waals surface area contributed by atoms with Gasteiger partial charge in [-0.25, -0.2) is 0 Å². The number of rotatable bonds is 12. The van der Waals surface area contributed by atoms with Crippen molar-refractivity contribution < 1.29 is 29.0 Å². The van der Waals surface area contributed by atoms with Crippen molar-refractivity contribution in [2.24, 2.45) is 11.8 Å². The van der Waals surface area contributed by atoms with Crippen molar-refractivity contribution in [1.82, 2.24) is 4.90 Å². The Morgan fingerprint density at radius 2 is 1.86 bits per heavy atom. The summed E-state index contributed by atoms with van der Waals surface area (Å²) in [6, 6.07) is 13.7. The van der Waals surface area contributed by atoms with Gasteiger partial charge in [0.15, 0.2) is 0 Å². The number of anilines is 1. The molecule has 0 aromatic heterocycles. The second kappa shape index (κ2) is 12.2. The summed E-state index contributed by atoms with van der Waals surface area (Å²) in [5, 5.41) is 10.7. The molecule has 8 nitrogen and oxygen atoms in total. The van der Waals surface area contributed by atoms with Crippen LogP contribution in [0.3, 0.4) is 0 Å². The summed E-state index contributed by atoms with van der Waals surface area (Å²) in [5.74, 6) is -2.85. The molecule has 2 bridgehead atoms. The van der Waals surface area contributed by atoms with Gasteiger partial charge in [-0.1, -0.05) is 60.7 Å². The predicted molar refractivity (Wildman–Crippen MR) is 160 cm³/mol. The molecular formula is C34H40N2O6. The second-order valence-electron chi connectivity index (χ2n) is 11.6. The summed E-state index contributed by atoms with van der Waals surface area (Å²) in [4.78, 5) is 46.0. The predicted octanol–water partition coefficient (Wildman–Crippen LogP) is 3.92. The highest BCUT2D eigenvalue weighted by atomic mass is 16.6. The molecule has 0 radical (unpaired) electrons. The maximum absolute atomic E-state index is 14.9. The SMILES string of the molecule is C=CCCOC(=O)[C@@H]1[C@H]2C(=O)N([C@@H](CO)Cc3ccccc3)C(C(=O)N(CC=C)c3c(C)cccc3C)C23CC[C@H]1O3. The molecule has 42 heavy (non-hydrogen) atoms. The van der Waals surface area contributed by atoms with Gasteiger partial charge in [-0.05, 0) is 56.2 Å². The fourth-order valence-electron chi connectivity index (χ4n) is 7.31. The van der Waals surface area contributed by atoms with E-state index >= 15 is 0 Å². The third kappa shape index (κ3) is 4.96. The van der Waals surface area contributed by atoms with Gasteiger partial charge in [-0.3, -0.25) is 14.4 Å². The first kappa shape index (κ1) is 29.7. The smallest absolute Gasteiger partial charge is 0.312 e. The first-order chi connectivity index (χ1) is 20.3. The number of benzene rings is 2. The Hall–Kier alpha value is -3.75. The summed E-state index contributed by atoms with van der Waals surface area (Å²) in [7, 11) is 0. The molecule has 2 aromatic carbocycles. The van der Waals surface area contributed by atoms with Crippen LogP contribution in [-0.2, 0) is 30.3 Å². The van der Waals surface area contributed by atoms with Crippen molar-refractivity contribution in [3.05, 3.63) is 90.5 Å². The van der Waals surface area contributed by atoms with Crippen LogP contribution in [-0.4, -0.2) is 71.3 Å². The number of nitrogens with zero attached hydrogens (tertiary/aromatic N) is 2. The summed E-state index contributed by atoms with van der Waals surface area (Å²) >= 11 is 0. The van der Waals surface area contributed by atoms with E-state index in [4.69, 9.17) is 9.47 Å². The maximum Gasteiger partial charge on any atom is 0.312 e. The number of para-hydroxylation sites is 1. The van der Waals surface area contributed by atoms with Gasteiger partial charge in [0.05, 0.1) is 37.2 Å². The van der Waals surface area contributed by atoms with Gasteiger partial charge in [0.1, 0.15) is 11.6 Å². The molecule has 3 aliphatic rings. The van der Waals surface area contributed by atoms with E-state index in [-0.39, 0.29) is 31.6 Å². The third-order valence-electron chi connectivity index (χ3n) is 9.02. The van der Waals surface area contributed by atoms with E-state index in [2.05, 4.69) is 13.2 Å². The molecule has 3 saturated heterocycles. The number of likely N-dealkylation sites (tertiary alicyclic amines) is 1. The highest BCUT2D eigenvalue weighted by Crippen LogP contribution is 2.59. The van der Waals surface area contributed by atoms with E-state index in [0.29, 0.717) is 25.7 Å².